The molecule has 0 heterocycles. The summed E-state index contributed by atoms with van der Waals surface area (Å²) in [6.07, 6.45) is 3.03. The second-order valence-electron chi connectivity index (χ2n) is 4.96. The first-order chi connectivity index (χ1) is 10.9. The van der Waals surface area contributed by atoms with Gasteiger partial charge >= 0.3 is 5.97 Å². The number of nitrogens with zero attached hydrogens (tertiary/aromatic N) is 1. The molecule has 1 atom stereocenters. The lowest BCUT2D eigenvalue weighted by Crippen LogP contribution is -2.27. The van der Waals surface area contributed by atoms with Gasteiger partial charge < -0.3 is 9.47 Å². The van der Waals surface area contributed by atoms with Gasteiger partial charge in [-0.2, -0.15) is 0 Å². The first-order valence-corrected chi connectivity index (χ1v) is 7.53. The van der Waals surface area contributed by atoms with Crippen LogP contribution in [0.25, 0.3) is 0 Å². The van der Waals surface area contributed by atoms with Crippen molar-refractivity contribution in [3.05, 3.63) is 27.5 Å². The predicted octanol–water partition coefficient (Wildman–Crippen LogP) is 3.35. The number of esters is 1. The fourth-order valence-electron chi connectivity index (χ4n) is 1.90. The molecule has 8 heteroatoms. The van der Waals surface area contributed by atoms with E-state index in [1.807, 2.05) is 0 Å². The number of aliphatic imine (C=N–C) groups is 1. The number of carbonyl (C=O) groups excluding carboxylic acids is 2. The Labute approximate surface area is 142 Å². The molecule has 1 aromatic rings. The van der Waals surface area contributed by atoms with E-state index in [0.717, 1.165) is 26.0 Å². The molecule has 1 unspecified atom stereocenters. The van der Waals surface area contributed by atoms with Crippen molar-refractivity contribution in [2.75, 3.05) is 14.2 Å². The van der Waals surface area contributed by atoms with Crippen LogP contribution in [0.2, 0.25) is 10.0 Å². The molecule has 0 aromatic heterocycles. The third-order valence-electron chi connectivity index (χ3n) is 3.32. The van der Waals surface area contributed by atoms with E-state index in [2.05, 4.69) is 9.73 Å². The number of rotatable bonds is 6. The summed E-state index contributed by atoms with van der Waals surface area (Å²) in [5, 5.41) is -0.507. The van der Waals surface area contributed by atoms with Gasteiger partial charge in [0.1, 0.15) is 10.8 Å². The average molecular weight is 362 g/mol. The Morgan fingerprint density at radius 2 is 2.00 bits per heavy atom. The molecule has 2 rings (SSSR count). The molecule has 1 fully saturated rings. The molecule has 0 N–H and O–H groups in total. The number of hydrogen-bond acceptors (Lipinski definition) is 5. The highest BCUT2D eigenvalue weighted by atomic mass is 35.5. The van der Waals surface area contributed by atoms with Gasteiger partial charge in [-0.15, -0.1) is 0 Å². The zero-order chi connectivity index (χ0) is 17.1. The van der Waals surface area contributed by atoms with Gasteiger partial charge in [0.15, 0.2) is 17.5 Å². The van der Waals surface area contributed by atoms with Crippen molar-refractivity contribution >= 4 is 41.2 Å². The lowest BCUT2D eigenvalue weighted by Gasteiger charge is -2.14. The molecule has 0 aliphatic heterocycles. The number of ether oxygens (including phenoxy) is 2. The summed E-state index contributed by atoms with van der Waals surface area (Å²) < 4.78 is 23.4. The monoisotopic (exact) mass is 361 g/mol. The summed E-state index contributed by atoms with van der Waals surface area (Å²) in [5.74, 6) is -3.88. The first kappa shape index (κ1) is 17.7. The van der Waals surface area contributed by atoms with Crippen LogP contribution in [0, 0.1) is 11.7 Å². The molecule has 1 aromatic carbocycles. The van der Waals surface area contributed by atoms with Crippen LogP contribution in [0.15, 0.2) is 11.1 Å². The smallest absolute Gasteiger partial charge is 0.322 e. The van der Waals surface area contributed by atoms with E-state index in [4.69, 9.17) is 27.9 Å². The number of methoxy groups -OCH3 is 2. The molecule has 124 valence electrons. The predicted molar refractivity (Wildman–Crippen MR) is 84.3 cm³/mol. The second-order valence-corrected chi connectivity index (χ2v) is 5.72. The van der Waals surface area contributed by atoms with Gasteiger partial charge in [0.25, 0.3) is 0 Å². The van der Waals surface area contributed by atoms with Crippen LogP contribution >= 0.6 is 23.2 Å². The van der Waals surface area contributed by atoms with Crippen LogP contribution in [0.3, 0.4) is 0 Å². The summed E-state index contributed by atoms with van der Waals surface area (Å²) >= 11 is 11.8. The Bertz CT molecular complexity index is 674. The van der Waals surface area contributed by atoms with Gasteiger partial charge in [-0.3, -0.25) is 14.6 Å². The number of benzene rings is 1. The molecular formula is C15H14Cl2FNO4. The summed E-state index contributed by atoms with van der Waals surface area (Å²) in [7, 11) is 2.39. The van der Waals surface area contributed by atoms with Gasteiger partial charge in [-0.1, -0.05) is 23.2 Å². The number of ketones is 1. The number of halogens is 3. The highest BCUT2D eigenvalue weighted by molar-refractivity contribution is 6.40. The average Bonchev–Trinajstić information content (AvgIpc) is 3.35. The largest absolute Gasteiger partial charge is 0.493 e. The van der Waals surface area contributed by atoms with Crippen LogP contribution in [-0.2, 0) is 9.53 Å². The van der Waals surface area contributed by atoms with Crippen LogP contribution in [0.5, 0.6) is 5.75 Å². The normalized spacial score (nSPS) is 15.5. The molecule has 0 saturated heterocycles. The van der Waals surface area contributed by atoms with Gasteiger partial charge in [0.05, 0.1) is 19.2 Å². The molecule has 1 aliphatic rings. The third kappa shape index (κ3) is 3.82. The Kier molecular flexibility index (Phi) is 5.59. The van der Waals surface area contributed by atoms with E-state index in [-0.39, 0.29) is 27.4 Å². The number of Topliss-reactive ketones (excluding diaryl/α,β-unsaturated/α-hetero) is 1. The van der Waals surface area contributed by atoms with Crippen molar-refractivity contribution in [3.8, 4) is 5.75 Å². The molecule has 0 bridgehead atoms. The Morgan fingerprint density at radius 1 is 1.35 bits per heavy atom. The maximum atomic E-state index is 13.9. The van der Waals surface area contributed by atoms with E-state index in [9.17, 15) is 14.0 Å². The maximum absolute atomic E-state index is 13.9. The highest BCUT2D eigenvalue weighted by Crippen LogP contribution is 2.38. The standard InChI is InChI=1S/C15H14Cl2FNO4/c1-22-14-11(16)8(5-10(18)12(14)17)13(20)9(15(21)23-2)6-19-7-3-4-7/h5-7,9H,3-4H2,1-2H3. The van der Waals surface area contributed by atoms with Crippen LogP contribution in [0.1, 0.15) is 23.2 Å². The quantitative estimate of drug-likeness (QED) is 0.256. The Morgan fingerprint density at radius 3 is 2.52 bits per heavy atom. The van der Waals surface area contributed by atoms with Crippen LogP contribution < -0.4 is 4.74 Å². The van der Waals surface area contributed by atoms with Gasteiger partial charge in [-0.25, -0.2) is 4.39 Å². The van der Waals surface area contributed by atoms with Crippen molar-refractivity contribution in [1.29, 1.82) is 0 Å². The zero-order valence-corrected chi connectivity index (χ0v) is 13.9. The molecule has 0 radical (unpaired) electrons. The molecule has 0 spiro atoms. The van der Waals surface area contributed by atoms with E-state index < -0.39 is 23.5 Å². The summed E-state index contributed by atoms with van der Waals surface area (Å²) in [6, 6.07) is 0.984. The lowest BCUT2D eigenvalue weighted by atomic mass is 9.98. The van der Waals surface area contributed by atoms with Crippen molar-refractivity contribution in [2.45, 2.75) is 18.9 Å². The molecule has 1 saturated carbocycles. The van der Waals surface area contributed by atoms with Crippen LogP contribution in [0.4, 0.5) is 4.39 Å². The molecule has 5 nitrogen and oxygen atoms in total. The van der Waals surface area contributed by atoms with Crippen LogP contribution in [-0.4, -0.2) is 38.2 Å². The van der Waals surface area contributed by atoms with Crippen molar-refractivity contribution in [3.63, 3.8) is 0 Å². The lowest BCUT2D eigenvalue weighted by molar-refractivity contribution is -0.141. The Balaban J connectivity index is 2.43. The summed E-state index contributed by atoms with van der Waals surface area (Å²) in [4.78, 5) is 28.6. The first-order valence-electron chi connectivity index (χ1n) is 6.77. The molecule has 23 heavy (non-hydrogen) atoms. The van der Waals surface area contributed by atoms with Crippen molar-refractivity contribution in [1.82, 2.24) is 0 Å². The van der Waals surface area contributed by atoms with Crippen molar-refractivity contribution in [2.24, 2.45) is 10.9 Å². The molecular weight excluding hydrogens is 348 g/mol. The minimum absolute atomic E-state index is 0.113. The zero-order valence-electron chi connectivity index (χ0n) is 12.4. The minimum Gasteiger partial charge on any atom is -0.493 e. The summed E-state index contributed by atoms with van der Waals surface area (Å²) in [5.41, 5.74) is -0.219. The van der Waals surface area contributed by atoms with Crippen molar-refractivity contribution < 1.29 is 23.5 Å². The Hall–Kier alpha value is -1.66. The number of hydrogen-bond donors (Lipinski definition) is 0. The van der Waals surface area contributed by atoms with E-state index in [0.29, 0.717) is 0 Å². The molecule has 1 aliphatic carbocycles. The summed E-state index contributed by atoms with van der Waals surface area (Å²) in [6.45, 7) is 0. The minimum atomic E-state index is -1.30. The fraction of sp³-hybridized carbons (Fsp3) is 0.400. The van der Waals surface area contributed by atoms with Gasteiger partial charge in [0, 0.05) is 17.8 Å². The topological polar surface area (TPSA) is 65.0 Å². The fourth-order valence-corrected chi connectivity index (χ4v) is 2.49. The highest BCUT2D eigenvalue weighted by Gasteiger charge is 2.32. The SMILES string of the molecule is COC(=O)C(C=NC1CC1)C(=O)c1cc(F)c(Cl)c(OC)c1Cl. The van der Waals surface area contributed by atoms with E-state index >= 15 is 0 Å². The second kappa shape index (κ2) is 7.27. The number of carbonyl (C=O) groups is 2. The van der Waals surface area contributed by atoms with Gasteiger partial charge in [-0.05, 0) is 18.9 Å². The van der Waals surface area contributed by atoms with Gasteiger partial charge in [0.2, 0.25) is 0 Å². The third-order valence-corrected chi connectivity index (χ3v) is 4.04. The maximum Gasteiger partial charge on any atom is 0.322 e. The van der Waals surface area contributed by atoms with E-state index in [1.165, 1.54) is 13.3 Å². The van der Waals surface area contributed by atoms with E-state index in [1.54, 1.807) is 0 Å². The molecule has 0 amide bonds.